The minimum Gasteiger partial charge on any atom is -0.494 e. The first-order valence-electron chi connectivity index (χ1n) is 11.3. The Morgan fingerprint density at radius 3 is 2.88 bits per heavy atom. The Morgan fingerprint density at radius 1 is 1.32 bits per heavy atom. The molecule has 3 heterocycles. The number of aromatic nitrogens is 2. The van der Waals surface area contributed by atoms with Gasteiger partial charge in [-0.15, -0.1) is 11.3 Å². The molecule has 0 saturated carbocycles. The van der Waals surface area contributed by atoms with Gasteiger partial charge in [-0.25, -0.2) is 4.98 Å². The summed E-state index contributed by atoms with van der Waals surface area (Å²) in [6, 6.07) is 9.95. The zero-order chi connectivity index (χ0) is 24.1. The molecule has 0 radical (unpaired) electrons. The van der Waals surface area contributed by atoms with Crippen molar-refractivity contribution in [2.75, 3.05) is 18.5 Å². The molecular formula is C25H27N5O3S. The van der Waals surface area contributed by atoms with Crippen LogP contribution in [0.5, 0.6) is 5.75 Å². The Kier molecular flexibility index (Phi) is 7.28. The number of fused-ring (bicyclic) bond motifs is 1. The molecule has 0 aliphatic carbocycles. The van der Waals surface area contributed by atoms with E-state index in [1.807, 2.05) is 44.3 Å². The van der Waals surface area contributed by atoms with E-state index in [9.17, 15) is 14.9 Å². The molecule has 2 aromatic heterocycles. The number of imidazole rings is 1. The highest BCUT2D eigenvalue weighted by molar-refractivity contribution is 7.16. The quantitative estimate of drug-likeness (QED) is 0.533. The number of ether oxygens (including phenoxy) is 1. The van der Waals surface area contributed by atoms with Gasteiger partial charge in [0.1, 0.15) is 23.4 Å². The summed E-state index contributed by atoms with van der Waals surface area (Å²) < 4.78 is 7.41. The number of benzene rings is 1. The monoisotopic (exact) mass is 477 g/mol. The van der Waals surface area contributed by atoms with E-state index in [1.165, 1.54) is 11.3 Å². The van der Waals surface area contributed by atoms with Crippen LogP contribution in [0.4, 0.5) is 5.00 Å². The standard InChI is InChI=1S/C25H27N5O3S/c1-3-33-21-7-5-4-6-18(21)8-9-23(31)28-25-20(12-26)19-10-11-30(14-22(19)34-25)24(32)15-29-13-17(2)27-16-29/h4-7,13,16H,3,8-11,14-15H2,1-2H3,(H,28,31). The largest absolute Gasteiger partial charge is 0.494 e. The van der Waals surface area contributed by atoms with E-state index >= 15 is 0 Å². The van der Waals surface area contributed by atoms with Crippen molar-refractivity contribution in [2.45, 2.75) is 46.2 Å². The van der Waals surface area contributed by atoms with Crippen LogP contribution in [-0.4, -0.2) is 39.4 Å². The molecule has 3 aromatic rings. The van der Waals surface area contributed by atoms with Gasteiger partial charge < -0.3 is 19.5 Å². The topological polar surface area (TPSA) is 100 Å². The molecule has 1 aliphatic rings. The van der Waals surface area contributed by atoms with Crippen molar-refractivity contribution < 1.29 is 14.3 Å². The van der Waals surface area contributed by atoms with Gasteiger partial charge in [0.05, 0.1) is 30.7 Å². The first-order chi connectivity index (χ1) is 16.5. The van der Waals surface area contributed by atoms with E-state index in [-0.39, 0.29) is 24.8 Å². The second-order valence-electron chi connectivity index (χ2n) is 8.16. The predicted octanol–water partition coefficient (Wildman–Crippen LogP) is 3.68. The number of amides is 2. The maximum Gasteiger partial charge on any atom is 0.242 e. The van der Waals surface area contributed by atoms with E-state index in [0.29, 0.717) is 43.1 Å². The number of nitrogens with one attached hydrogen (secondary N) is 1. The number of rotatable bonds is 8. The van der Waals surface area contributed by atoms with Gasteiger partial charge in [-0.3, -0.25) is 9.59 Å². The van der Waals surface area contributed by atoms with Gasteiger partial charge in [-0.2, -0.15) is 5.26 Å². The minimum atomic E-state index is -0.148. The van der Waals surface area contributed by atoms with Gasteiger partial charge >= 0.3 is 0 Å². The van der Waals surface area contributed by atoms with Crippen molar-refractivity contribution in [1.82, 2.24) is 14.5 Å². The summed E-state index contributed by atoms with van der Waals surface area (Å²) in [5.74, 6) is 0.649. The summed E-state index contributed by atoms with van der Waals surface area (Å²) in [7, 11) is 0. The van der Waals surface area contributed by atoms with Gasteiger partial charge in [-0.05, 0) is 43.9 Å². The van der Waals surface area contributed by atoms with Crippen LogP contribution >= 0.6 is 11.3 Å². The Balaban J connectivity index is 1.40. The highest BCUT2D eigenvalue weighted by Crippen LogP contribution is 2.37. The lowest BCUT2D eigenvalue weighted by atomic mass is 10.0. The molecular weight excluding hydrogens is 450 g/mol. The Hall–Kier alpha value is -3.64. The number of hydrogen-bond acceptors (Lipinski definition) is 6. The molecule has 0 saturated heterocycles. The third-order valence-corrected chi connectivity index (χ3v) is 6.88. The lowest BCUT2D eigenvalue weighted by Crippen LogP contribution is -2.37. The minimum absolute atomic E-state index is 0.00788. The molecule has 4 rings (SSSR count). The van der Waals surface area contributed by atoms with E-state index in [2.05, 4.69) is 16.4 Å². The molecule has 9 heteroatoms. The van der Waals surface area contributed by atoms with Gasteiger partial charge in [0.15, 0.2) is 0 Å². The highest BCUT2D eigenvalue weighted by Gasteiger charge is 2.27. The maximum absolute atomic E-state index is 12.8. The molecule has 0 unspecified atom stereocenters. The highest BCUT2D eigenvalue weighted by atomic mass is 32.1. The van der Waals surface area contributed by atoms with Crippen LogP contribution in [0.3, 0.4) is 0 Å². The number of aryl methyl sites for hydroxylation is 2. The van der Waals surface area contributed by atoms with E-state index in [0.717, 1.165) is 27.4 Å². The van der Waals surface area contributed by atoms with Crippen molar-refractivity contribution in [3.05, 3.63) is 64.1 Å². The van der Waals surface area contributed by atoms with Crippen LogP contribution in [0, 0.1) is 18.3 Å². The molecule has 176 valence electrons. The van der Waals surface area contributed by atoms with Gasteiger partial charge in [0, 0.05) is 24.0 Å². The number of carbonyl (C=O) groups is 2. The second kappa shape index (κ2) is 10.5. The average molecular weight is 478 g/mol. The molecule has 34 heavy (non-hydrogen) atoms. The fourth-order valence-corrected chi connectivity index (χ4v) is 5.31. The maximum atomic E-state index is 12.8. The number of nitriles is 1. The number of hydrogen-bond donors (Lipinski definition) is 1. The summed E-state index contributed by atoms with van der Waals surface area (Å²) in [6.45, 7) is 5.61. The van der Waals surface area contributed by atoms with Gasteiger partial charge in [-0.1, -0.05) is 18.2 Å². The summed E-state index contributed by atoms with van der Waals surface area (Å²) in [5.41, 5.74) is 3.30. The number of nitrogens with zero attached hydrogens (tertiary/aromatic N) is 4. The Morgan fingerprint density at radius 2 is 2.15 bits per heavy atom. The molecule has 0 fully saturated rings. The van der Waals surface area contributed by atoms with Crippen LogP contribution in [0.25, 0.3) is 0 Å². The number of thiophene rings is 1. The zero-order valence-corrected chi connectivity index (χ0v) is 20.2. The van der Waals surface area contributed by atoms with Crippen LogP contribution in [0.15, 0.2) is 36.8 Å². The zero-order valence-electron chi connectivity index (χ0n) is 19.3. The number of carbonyl (C=O) groups excluding carboxylic acids is 2. The second-order valence-corrected chi connectivity index (χ2v) is 9.27. The summed E-state index contributed by atoms with van der Waals surface area (Å²) in [6.07, 6.45) is 4.92. The predicted molar refractivity (Wildman–Crippen MR) is 130 cm³/mol. The van der Waals surface area contributed by atoms with Crippen LogP contribution in [0.1, 0.15) is 40.6 Å². The smallest absolute Gasteiger partial charge is 0.242 e. The van der Waals surface area contributed by atoms with Crippen LogP contribution in [-0.2, 0) is 35.5 Å². The first-order valence-corrected chi connectivity index (χ1v) is 12.1. The molecule has 0 bridgehead atoms. The van der Waals surface area contributed by atoms with Crippen molar-refractivity contribution in [3.8, 4) is 11.8 Å². The Bertz CT molecular complexity index is 1240. The van der Waals surface area contributed by atoms with Crippen LogP contribution < -0.4 is 10.1 Å². The summed E-state index contributed by atoms with van der Waals surface area (Å²) in [5, 5.41) is 13.2. The third-order valence-electron chi connectivity index (χ3n) is 5.75. The SMILES string of the molecule is CCOc1ccccc1CCC(=O)Nc1sc2c(c1C#N)CCN(C(=O)Cn1cnc(C)c1)C2. The lowest BCUT2D eigenvalue weighted by molar-refractivity contribution is -0.132. The average Bonchev–Trinajstić information content (AvgIpc) is 3.39. The summed E-state index contributed by atoms with van der Waals surface area (Å²) >= 11 is 1.39. The van der Waals surface area contributed by atoms with Gasteiger partial charge in [0.25, 0.3) is 0 Å². The van der Waals surface area contributed by atoms with Crippen LogP contribution in [0.2, 0.25) is 0 Å². The van der Waals surface area contributed by atoms with E-state index in [1.54, 1.807) is 15.8 Å². The lowest BCUT2D eigenvalue weighted by Gasteiger charge is -2.27. The van der Waals surface area contributed by atoms with E-state index in [4.69, 9.17) is 4.74 Å². The van der Waals surface area contributed by atoms with Crippen molar-refractivity contribution in [3.63, 3.8) is 0 Å². The molecule has 1 N–H and O–H groups in total. The molecule has 1 aliphatic heterocycles. The third kappa shape index (κ3) is 5.29. The summed E-state index contributed by atoms with van der Waals surface area (Å²) in [4.78, 5) is 32.4. The van der Waals surface area contributed by atoms with Crippen molar-refractivity contribution >= 4 is 28.2 Å². The van der Waals surface area contributed by atoms with Gasteiger partial charge in [0.2, 0.25) is 11.8 Å². The Labute approximate surface area is 202 Å². The molecule has 0 atom stereocenters. The molecule has 1 aromatic carbocycles. The molecule has 8 nitrogen and oxygen atoms in total. The van der Waals surface area contributed by atoms with Crippen molar-refractivity contribution in [1.29, 1.82) is 5.26 Å². The molecule has 2 amide bonds. The fraction of sp³-hybridized carbons (Fsp3) is 0.360. The normalized spacial score (nSPS) is 12.7. The fourth-order valence-electron chi connectivity index (χ4n) is 4.08. The molecule has 0 spiro atoms. The number of para-hydroxylation sites is 1. The van der Waals surface area contributed by atoms with E-state index < -0.39 is 0 Å². The van der Waals surface area contributed by atoms with Crippen molar-refractivity contribution in [2.24, 2.45) is 0 Å². The first kappa shape index (κ1) is 23.5. The number of anilines is 1.